The fourth-order valence-corrected chi connectivity index (χ4v) is 3.64. The first-order valence-electron chi connectivity index (χ1n) is 6.91. The van der Waals surface area contributed by atoms with Crippen molar-refractivity contribution in [2.24, 2.45) is 0 Å². The molecule has 0 bridgehead atoms. The number of hydrogen-bond donors (Lipinski definition) is 1. The van der Waals surface area contributed by atoms with E-state index >= 15 is 0 Å². The number of nitrogens with one attached hydrogen (secondary N) is 1. The number of rotatable bonds is 4. The molecule has 1 saturated heterocycles. The van der Waals surface area contributed by atoms with E-state index in [1.165, 1.54) is 11.1 Å². The maximum Gasteiger partial charge on any atom is 0.239 e. The van der Waals surface area contributed by atoms with Crippen molar-refractivity contribution in [1.29, 1.82) is 0 Å². The van der Waals surface area contributed by atoms with Crippen LogP contribution in [0, 0.1) is 0 Å². The smallest absolute Gasteiger partial charge is 0.239 e. The predicted molar refractivity (Wildman–Crippen MR) is 85.7 cm³/mol. The van der Waals surface area contributed by atoms with Crippen LogP contribution in [0.4, 0.5) is 5.82 Å². The molecule has 2 aromatic rings. The van der Waals surface area contributed by atoms with Gasteiger partial charge in [-0.2, -0.15) is 0 Å². The zero-order valence-corrected chi connectivity index (χ0v) is 13.0. The summed E-state index contributed by atoms with van der Waals surface area (Å²) in [5.74, 6) is 0.504. The highest BCUT2D eigenvalue weighted by Gasteiger charge is 2.28. The Bertz CT molecular complexity index is 600. The minimum absolute atomic E-state index is 0.0340. The van der Waals surface area contributed by atoms with Crippen molar-refractivity contribution in [2.45, 2.75) is 18.9 Å². The van der Waals surface area contributed by atoms with Gasteiger partial charge in [-0.05, 0) is 43.0 Å². The van der Waals surface area contributed by atoms with E-state index in [1.807, 2.05) is 0 Å². The van der Waals surface area contributed by atoms with Crippen molar-refractivity contribution in [3.05, 3.63) is 45.7 Å². The molecule has 110 valence electrons. The third-order valence-electron chi connectivity index (χ3n) is 3.58. The summed E-state index contributed by atoms with van der Waals surface area (Å²) in [6.07, 6.45) is 3.78. The predicted octanol–water partition coefficient (Wildman–Crippen LogP) is 3.57. The van der Waals surface area contributed by atoms with Crippen molar-refractivity contribution >= 4 is 34.7 Å². The van der Waals surface area contributed by atoms with Crippen LogP contribution in [0.1, 0.15) is 23.8 Å². The molecule has 0 aliphatic carbocycles. The largest absolute Gasteiger partial charge is 0.310 e. The molecule has 0 spiro atoms. The van der Waals surface area contributed by atoms with Gasteiger partial charge in [-0.3, -0.25) is 9.69 Å². The van der Waals surface area contributed by atoms with E-state index in [1.54, 1.807) is 23.5 Å². The quantitative estimate of drug-likeness (QED) is 0.936. The Kier molecular flexibility index (Phi) is 4.53. The molecule has 2 aromatic heterocycles. The molecular formula is C15H16ClN3OS. The van der Waals surface area contributed by atoms with Crippen LogP contribution in [-0.2, 0) is 4.79 Å². The van der Waals surface area contributed by atoms with E-state index < -0.39 is 0 Å². The molecular weight excluding hydrogens is 306 g/mol. The van der Waals surface area contributed by atoms with Gasteiger partial charge >= 0.3 is 0 Å². The van der Waals surface area contributed by atoms with Gasteiger partial charge in [0.2, 0.25) is 5.91 Å². The van der Waals surface area contributed by atoms with Crippen LogP contribution in [-0.4, -0.2) is 28.9 Å². The first-order valence-corrected chi connectivity index (χ1v) is 8.17. The van der Waals surface area contributed by atoms with Crippen molar-refractivity contribution in [3.63, 3.8) is 0 Å². The Labute approximate surface area is 132 Å². The summed E-state index contributed by atoms with van der Waals surface area (Å²) < 4.78 is 0. The standard InChI is InChI=1S/C15H16ClN3OS/c16-11-5-6-14(17-9-11)18-15(20)10-19-7-1-3-12(19)13-4-2-8-21-13/h2,4-6,8-9,12H,1,3,7,10H2,(H,17,18,20)/t12-/m0/s1. The van der Waals surface area contributed by atoms with Gasteiger partial charge in [0.1, 0.15) is 5.82 Å². The summed E-state index contributed by atoms with van der Waals surface area (Å²) in [7, 11) is 0. The van der Waals surface area contributed by atoms with Gasteiger partial charge in [0.15, 0.2) is 0 Å². The summed E-state index contributed by atoms with van der Waals surface area (Å²) in [6.45, 7) is 1.36. The summed E-state index contributed by atoms with van der Waals surface area (Å²) >= 11 is 7.54. The average molecular weight is 322 g/mol. The molecule has 0 saturated carbocycles. The van der Waals surface area contributed by atoms with Crippen molar-refractivity contribution in [2.75, 3.05) is 18.4 Å². The van der Waals surface area contributed by atoms with Gasteiger partial charge < -0.3 is 5.32 Å². The lowest BCUT2D eigenvalue weighted by Crippen LogP contribution is -2.32. The van der Waals surface area contributed by atoms with E-state index in [2.05, 4.69) is 32.7 Å². The number of aromatic nitrogens is 1. The van der Waals surface area contributed by atoms with Gasteiger partial charge in [-0.15, -0.1) is 11.3 Å². The zero-order valence-electron chi connectivity index (χ0n) is 11.5. The second-order valence-electron chi connectivity index (χ2n) is 5.05. The molecule has 21 heavy (non-hydrogen) atoms. The van der Waals surface area contributed by atoms with E-state index in [4.69, 9.17) is 11.6 Å². The fraction of sp³-hybridized carbons (Fsp3) is 0.333. The number of thiophene rings is 1. The molecule has 1 atom stereocenters. The molecule has 1 aliphatic heterocycles. The number of amides is 1. The second kappa shape index (κ2) is 6.56. The number of halogens is 1. The Morgan fingerprint density at radius 2 is 2.38 bits per heavy atom. The number of nitrogens with zero attached hydrogens (tertiary/aromatic N) is 2. The highest BCUT2D eigenvalue weighted by molar-refractivity contribution is 7.10. The van der Waals surface area contributed by atoms with Crippen LogP contribution < -0.4 is 5.32 Å². The number of likely N-dealkylation sites (tertiary alicyclic amines) is 1. The molecule has 0 radical (unpaired) electrons. The molecule has 1 N–H and O–H groups in total. The molecule has 3 rings (SSSR count). The minimum Gasteiger partial charge on any atom is -0.310 e. The van der Waals surface area contributed by atoms with E-state index in [0.29, 0.717) is 23.4 Å². The zero-order chi connectivity index (χ0) is 14.7. The van der Waals surface area contributed by atoms with Gasteiger partial charge in [-0.1, -0.05) is 17.7 Å². The second-order valence-corrected chi connectivity index (χ2v) is 6.47. The Balaban J connectivity index is 1.60. The molecule has 1 amide bonds. The number of anilines is 1. The molecule has 3 heterocycles. The summed E-state index contributed by atoms with van der Waals surface area (Å²) in [6, 6.07) is 8.00. The first kappa shape index (κ1) is 14.5. The molecule has 1 fully saturated rings. The average Bonchev–Trinajstić information content (AvgIpc) is 3.11. The molecule has 6 heteroatoms. The lowest BCUT2D eigenvalue weighted by Gasteiger charge is -2.22. The first-order chi connectivity index (χ1) is 10.2. The van der Waals surface area contributed by atoms with E-state index in [0.717, 1.165) is 19.4 Å². The van der Waals surface area contributed by atoms with Crippen LogP contribution in [0.2, 0.25) is 5.02 Å². The van der Waals surface area contributed by atoms with E-state index in [9.17, 15) is 4.79 Å². The number of carbonyl (C=O) groups is 1. The Morgan fingerprint density at radius 3 is 3.10 bits per heavy atom. The number of carbonyl (C=O) groups excluding carboxylic acids is 1. The SMILES string of the molecule is O=C(CN1CCC[C@H]1c1cccs1)Nc1ccc(Cl)cn1. The number of pyridine rings is 1. The highest BCUT2D eigenvalue weighted by atomic mass is 35.5. The minimum atomic E-state index is -0.0340. The molecule has 0 unspecified atom stereocenters. The van der Waals surface area contributed by atoms with Gasteiger partial charge in [-0.25, -0.2) is 4.98 Å². The monoisotopic (exact) mass is 321 g/mol. The van der Waals surface area contributed by atoms with Gasteiger partial charge in [0.05, 0.1) is 11.6 Å². The normalized spacial score (nSPS) is 18.8. The highest BCUT2D eigenvalue weighted by Crippen LogP contribution is 2.34. The molecule has 0 aromatic carbocycles. The summed E-state index contributed by atoms with van der Waals surface area (Å²) in [5.41, 5.74) is 0. The van der Waals surface area contributed by atoms with Gasteiger partial charge in [0.25, 0.3) is 0 Å². The lowest BCUT2D eigenvalue weighted by molar-refractivity contribution is -0.117. The molecule has 4 nitrogen and oxygen atoms in total. The van der Waals surface area contributed by atoms with Crippen LogP contribution in [0.3, 0.4) is 0 Å². The van der Waals surface area contributed by atoms with Gasteiger partial charge in [0, 0.05) is 17.1 Å². The van der Waals surface area contributed by atoms with Crippen LogP contribution in [0.15, 0.2) is 35.8 Å². The van der Waals surface area contributed by atoms with Crippen LogP contribution in [0.5, 0.6) is 0 Å². The van der Waals surface area contributed by atoms with Crippen molar-refractivity contribution < 1.29 is 4.79 Å². The Hall–Kier alpha value is -1.43. The number of hydrogen-bond acceptors (Lipinski definition) is 4. The van der Waals surface area contributed by atoms with Crippen molar-refractivity contribution in [3.8, 4) is 0 Å². The summed E-state index contributed by atoms with van der Waals surface area (Å²) in [5, 5.41) is 5.46. The third kappa shape index (κ3) is 3.61. The maximum absolute atomic E-state index is 12.1. The van der Waals surface area contributed by atoms with Crippen LogP contribution in [0.25, 0.3) is 0 Å². The topological polar surface area (TPSA) is 45.2 Å². The molecule has 1 aliphatic rings. The van der Waals surface area contributed by atoms with Crippen molar-refractivity contribution in [1.82, 2.24) is 9.88 Å². The third-order valence-corrected chi connectivity index (χ3v) is 4.77. The van der Waals surface area contributed by atoms with E-state index in [-0.39, 0.29) is 5.91 Å². The fourth-order valence-electron chi connectivity index (χ4n) is 2.64. The Morgan fingerprint density at radius 1 is 1.48 bits per heavy atom. The van der Waals surface area contributed by atoms with Crippen LogP contribution >= 0.6 is 22.9 Å². The maximum atomic E-state index is 12.1. The summed E-state index contributed by atoms with van der Waals surface area (Å²) in [4.78, 5) is 19.8. The lowest BCUT2D eigenvalue weighted by atomic mass is 10.2.